The number of aryl methyl sites for hydroxylation is 1. The topological polar surface area (TPSA) is 44.4 Å². The first-order valence-corrected chi connectivity index (χ1v) is 7.32. The van der Waals surface area contributed by atoms with E-state index in [0.717, 1.165) is 24.1 Å². The molecule has 1 aromatic carbocycles. The van der Waals surface area contributed by atoms with Gasteiger partial charge in [-0.15, -0.1) is 0 Å². The first-order valence-electron chi connectivity index (χ1n) is 6.53. The van der Waals surface area contributed by atoms with Crippen LogP contribution in [0.1, 0.15) is 11.1 Å². The Morgan fingerprint density at radius 3 is 3.05 bits per heavy atom. The molecule has 0 spiro atoms. The van der Waals surface area contributed by atoms with Crippen molar-refractivity contribution in [2.75, 3.05) is 26.7 Å². The van der Waals surface area contributed by atoms with Crippen LogP contribution in [0.25, 0.3) is 0 Å². The number of amides is 1. The molecular weight excluding hydrogens is 306 g/mol. The van der Waals surface area contributed by atoms with Gasteiger partial charge in [0.1, 0.15) is 6.04 Å². The number of hydrogen-bond donors (Lipinski definition) is 2. The molecule has 2 rings (SSSR count). The first kappa shape index (κ1) is 14.5. The molecule has 2 N–H and O–H groups in total. The number of hydrogen-bond acceptors (Lipinski definition) is 3. The number of carbonyl (C=O) groups excluding carboxylic acids is 1. The summed E-state index contributed by atoms with van der Waals surface area (Å²) in [4.78, 5) is 14.1. The lowest BCUT2D eigenvalue weighted by Gasteiger charge is -2.34. The summed E-state index contributed by atoms with van der Waals surface area (Å²) in [6.45, 7) is 5.42. The maximum Gasteiger partial charge on any atom is 0.238 e. The zero-order valence-electron chi connectivity index (χ0n) is 11.4. The normalized spacial score (nSPS) is 20.3. The fourth-order valence-corrected chi connectivity index (χ4v) is 2.76. The average Bonchev–Trinajstić information content (AvgIpc) is 2.43. The van der Waals surface area contributed by atoms with Crippen molar-refractivity contribution >= 4 is 21.8 Å². The molecule has 1 unspecified atom stereocenters. The predicted molar refractivity (Wildman–Crippen MR) is 80.0 cm³/mol. The summed E-state index contributed by atoms with van der Waals surface area (Å²) in [6, 6.07) is 6.29. The summed E-state index contributed by atoms with van der Waals surface area (Å²) in [6.07, 6.45) is 0. The molecule has 19 heavy (non-hydrogen) atoms. The van der Waals surface area contributed by atoms with Gasteiger partial charge in [0.15, 0.2) is 0 Å². The van der Waals surface area contributed by atoms with Crippen LogP contribution in [0, 0.1) is 6.92 Å². The third-order valence-electron chi connectivity index (χ3n) is 3.53. The Bertz CT molecular complexity index is 464. The van der Waals surface area contributed by atoms with Gasteiger partial charge < -0.3 is 10.6 Å². The molecule has 0 bridgehead atoms. The molecule has 104 valence electrons. The molecule has 1 amide bonds. The standard InChI is InChI=1S/C14H20BrN3O/c1-10-3-4-11(7-12(10)15)9-18-6-5-17-8-13(18)14(19)16-2/h3-4,7,13,17H,5-6,8-9H2,1-2H3,(H,16,19). The minimum Gasteiger partial charge on any atom is -0.358 e. The van der Waals surface area contributed by atoms with E-state index in [1.807, 2.05) is 0 Å². The van der Waals surface area contributed by atoms with Gasteiger partial charge in [-0.05, 0) is 24.1 Å². The van der Waals surface area contributed by atoms with Crippen LogP contribution in [-0.2, 0) is 11.3 Å². The number of nitrogens with one attached hydrogen (secondary N) is 2. The fraction of sp³-hybridized carbons (Fsp3) is 0.500. The molecule has 0 saturated carbocycles. The van der Waals surface area contributed by atoms with Crippen LogP contribution in [0.4, 0.5) is 0 Å². The van der Waals surface area contributed by atoms with Gasteiger partial charge in [-0.2, -0.15) is 0 Å². The molecule has 1 atom stereocenters. The van der Waals surface area contributed by atoms with Gasteiger partial charge >= 0.3 is 0 Å². The third-order valence-corrected chi connectivity index (χ3v) is 4.38. The minimum absolute atomic E-state index is 0.0818. The SMILES string of the molecule is CNC(=O)C1CNCCN1Cc1ccc(C)c(Br)c1. The Balaban J connectivity index is 2.10. The smallest absolute Gasteiger partial charge is 0.238 e. The van der Waals surface area contributed by atoms with E-state index in [-0.39, 0.29) is 11.9 Å². The number of nitrogens with zero attached hydrogens (tertiary/aromatic N) is 1. The first-order chi connectivity index (χ1) is 9.11. The second-order valence-electron chi connectivity index (χ2n) is 4.89. The summed E-state index contributed by atoms with van der Waals surface area (Å²) >= 11 is 3.56. The van der Waals surface area contributed by atoms with Crippen molar-refractivity contribution in [1.29, 1.82) is 0 Å². The predicted octanol–water partition coefficient (Wildman–Crippen LogP) is 1.28. The van der Waals surface area contributed by atoms with Crippen LogP contribution in [0.3, 0.4) is 0 Å². The number of likely N-dealkylation sites (N-methyl/N-ethyl adjacent to an activating group) is 1. The Morgan fingerprint density at radius 1 is 1.58 bits per heavy atom. The highest BCUT2D eigenvalue weighted by atomic mass is 79.9. The number of halogens is 1. The molecule has 4 nitrogen and oxygen atoms in total. The molecule has 1 aliphatic heterocycles. The minimum atomic E-state index is -0.0844. The van der Waals surface area contributed by atoms with E-state index in [2.05, 4.69) is 56.6 Å². The Morgan fingerprint density at radius 2 is 2.37 bits per heavy atom. The van der Waals surface area contributed by atoms with Crippen LogP contribution in [0.5, 0.6) is 0 Å². The lowest BCUT2D eigenvalue weighted by atomic mass is 10.1. The molecule has 5 heteroatoms. The summed E-state index contributed by atoms with van der Waals surface area (Å²) in [5.41, 5.74) is 2.46. The number of benzene rings is 1. The zero-order chi connectivity index (χ0) is 13.8. The lowest BCUT2D eigenvalue weighted by molar-refractivity contribution is -0.126. The van der Waals surface area contributed by atoms with E-state index >= 15 is 0 Å². The second-order valence-corrected chi connectivity index (χ2v) is 5.74. The lowest BCUT2D eigenvalue weighted by Crippen LogP contribution is -2.56. The second kappa shape index (κ2) is 6.50. The Kier molecular flexibility index (Phi) is 4.96. The molecule has 1 aliphatic rings. The van der Waals surface area contributed by atoms with Crippen molar-refractivity contribution in [2.45, 2.75) is 19.5 Å². The average molecular weight is 326 g/mol. The van der Waals surface area contributed by atoms with E-state index < -0.39 is 0 Å². The summed E-state index contributed by atoms with van der Waals surface area (Å²) < 4.78 is 1.12. The van der Waals surface area contributed by atoms with Gasteiger partial charge in [-0.25, -0.2) is 0 Å². The van der Waals surface area contributed by atoms with Crippen LogP contribution in [0.15, 0.2) is 22.7 Å². The highest BCUT2D eigenvalue weighted by molar-refractivity contribution is 9.10. The van der Waals surface area contributed by atoms with Crippen LogP contribution < -0.4 is 10.6 Å². The van der Waals surface area contributed by atoms with Gasteiger partial charge in [0.25, 0.3) is 0 Å². The van der Waals surface area contributed by atoms with E-state index in [1.54, 1.807) is 7.05 Å². The van der Waals surface area contributed by atoms with Crippen molar-refractivity contribution in [3.05, 3.63) is 33.8 Å². The van der Waals surface area contributed by atoms with E-state index in [1.165, 1.54) is 11.1 Å². The van der Waals surface area contributed by atoms with E-state index in [4.69, 9.17) is 0 Å². The quantitative estimate of drug-likeness (QED) is 0.879. The summed E-state index contributed by atoms with van der Waals surface area (Å²) in [5, 5.41) is 6.02. The van der Waals surface area contributed by atoms with Crippen LogP contribution >= 0.6 is 15.9 Å². The largest absolute Gasteiger partial charge is 0.358 e. The summed E-state index contributed by atoms with van der Waals surface area (Å²) in [7, 11) is 1.69. The Hall–Kier alpha value is -0.910. The van der Waals surface area contributed by atoms with Gasteiger partial charge in [-0.1, -0.05) is 28.1 Å². The molecule has 0 aliphatic carbocycles. The molecule has 0 aromatic heterocycles. The number of piperazine rings is 1. The van der Waals surface area contributed by atoms with Gasteiger partial charge in [0, 0.05) is 37.7 Å². The monoisotopic (exact) mass is 325 g/mol. The molecule has 1 fully saturated rings. The van der Waals surface area contributed by atoms with Gasteiger partial charge in [-0.3, -0.25) is 9.69 Å². The third kappa shape index (κ3) is 3.55. The summed E-state index contributed by atoms with van der Waals surface area (Å²) in [5.74, 6) is 0.0818. The molecular formula is C14H20BrN3O. The number of rotatable bonds is 3. The zero-order valence-corrected chi connectivity index (χ0v) is 13.0. The van der Waals surface area contributed by atoms with Gasteiger partial charge in [0.2, 0.25) is 5.91 Å². The Labute approximate surface area is 122 Å². The maximum absolute atomic E-state index is 11.9. The van der Waals surface area contributed by atoms with Crippen molar-refractivity contribution in [3.8, 4) is 0 Å². The number of carbonyl (C=O) groups is 1. The van der Waals surface area contributed by atoms with E-state index in [0.29, 0.717) is 6.54 Å². The van der Waals surface area contributed by atoms with Crippen molar-refractivity contribution < 1.29 is 4.79 Å². The van der Waals surface area contributed by atoms with Crippen molar-refractivity contribution in [1.82, 2.24) is 15.5 Å². The van der Waals surface area contributed by atoms with Crippen molar-refractivity contribution in [3.63, 3.8) is 0 Å². The van der Waals surface area contributed by atoms with Crippen molar-refractivity contribution in [2.24, 2.45) is 0 Å². The van der Waals surface area contributed by atoms with Crippen LogP contribution in [-0.4, -0.2) is 43.5 Å². The fourth-order valence-electron chi connectivity index (χ4n) is 2.33. The molecule has 1 heterocycles. The van der Waals surface area contributed by atoms with Gasteiger partial charge in [0.05, 0.1) is 0 Å². The molecule has 0 radical (unpaired) electrons. The highest BCUT2D eigenvalue weighted by Crippen LogP contribution is 2.19. The van der Waals surface area contributed by atoms with E-state index in [9.17, 15) is 4.79 Å². The highest BCUT2D eigenvalue weighted by Gasteiger charge is 2.27. The molecule has 1 aromatic rings. The van der Waals surface area contributed by atoms with Crippen LogP contribution in [0.2, 0.25) is 0 Å². The maximum atomic E-state index is 11.9. The molecule has 1 saturated heterocycles.